The molecule has 8 heteroatoms. The van der Waals surface area contributed by atoms with Gasteiger partial charge in [-0.2, -0.15) is 0 Å². The van der Waals surface area contributed by atoms with Gasteiger partial charge < -0.3 is 20.3 Å². The lowest BCUT2D eigenvalue weighted by atomic mass is 10.0. The number of carbonyl (C=O) groups excluding carboxylic acids is 1. The van der Waals surface area contributed by atoms with Gasteiger partial charge in [0.15, 0.2) is 0 Å². The van der Waals surface area contributed by atoms with E-state index in [0.29, 0.717) is 30.4 Å². The minimum Gasteiger partial charge on any atom is -0.492 e. The van der Waals surface area contributed by atoms with Gasteiger partial charge in [-0.15, -0.1) is 0 Å². The molecule has 2 aliphatic rings. The maximum atomic E-state index is 12.5. The van der Waals surface area contributed by atoms with Crippen molar-refractivity contribution >= 4 is 17.8 Å². The topological polar surface area (TPSA) is 116 Å². The normalized spacial score (nSPS) is 18.3. The van der Waals surface area contributed by atoms with Crippen molar-refractivity contribution in [3.05, 3.63) is 41.5 Å². The Morgan fingerprint density at radius 2 is 1.93 bits per heavy atom. The van der Waals surface area contributed by atoms with Crippen LogP contribution in [0, 0.1) is 0 Å². The molecule has 158 valence electrons. The Hall–Kier alpha value is -2.87. The standard InChI is InChI=1S/C17H24N2O2.C4H4O4/c1-2-19-10-4-8-14(19)12-18-17(20)15-9-3-6-13-7-5-11-21-16(13)15;5-3(6)1-2-4(7)8/h3,6,9,14H,2,4-5,7-8,10-12H2,1H3,(H,18,20);1-2H,(H,5,6)(H,7,8)/b;2-1+. The zero-order chi connectivity index (χ0) is 21.2. The van der Waals surface area contributed by atoms with E-state index in [2.05, 4.69) is 23.2 Å². The number of fused-ring (bicyclic) bond motifs is 1. The first-order chi connectivity index (χ1) is 13.9. The Morgan fingerprint density at radius 3 is 2.59 bits per heavy atom. The molecule has 0 radical (unpaired) electrons. The predicted molar refractivity (Wildman–Crippen MR) is 107 cm³/mol. The fourth-order valence-corrected chi connectivity index (χ4v) is 3.56. The summed E-state index contributed by atoms with van der Waals surface area (Å²) >= 11 is 0. The maximum Gasteiger partial charge on any atom is 0.328 e. The lowest BCUT2D eigenvalue weighted by molar-refractivity contribution is -0.134. The highest BCUT2D eigenvalue weighted by Crippen LogP contribution is 2.28. The Kier molecular flexibility index (Phi) is 8.67. The molecule has 1 saturated heterocycles. The summed E-state index contributed by atoms with van der Waals surface area (Å²) < 4.78 is 5.72. The fraction of sp³-hybridized carbons (Fsp3) is 0.476. The number of aryl methyl sites for hydroxylation is 1. The van der Waals surface area contributed by atoms with Crippen molar-refractivity contribution in [1.29, 1.82) is 0 Å². The van der Waals surface area contributed by atoms with E-state index in [4.69, 9.17) is 14.9 Å². The fourth-order valence-electron chi connectivity index (χ4n) is 3.56. The first kappa shape index (κ1) is 22.4. The zero-order valence-corrected chi connectivity index (χ0v) is 16.6. The van der Waals surface area contributed by atoms with Gasteiger partial charge in [0, 0.05) is 24.7 Å². The molecule has 1 atom stereocenters. The Balaban J connectivity index is 0.000000321. The van der Waals surface area contributed by atoms with E-state index in [0.717, 1.165) is 43.8 Å². The molecule has 1 aromatic carbocycles. The molecule has 0 spiro atoms. The highest BCUT2D eigenvalue weighted by molar-refractivity contribution is 5.97. The maximum absolute atomic E-state index is 12.5. The first-order valence-electron chi connectivity index (χ1n) is 9.83. The smallest absolute Gasteiger partial charge is 0.328 e. The van der Waals surface area contributed by atoms with Crippen molar-refractivity contribution in [3.8, 4) is 5.75 Å². The number of carboxylic acid groups (broad SMARTS) is 2. The van der Waals surface area contributed by atoms with Gasteiger partial charge in [0.25, 0.3) is 5.91 Å². The van der Waals surface area contributed by atoms with Crippen LogP contribution in [0.1, 0.15) is 42.1 Å². The number of hydrogen-bond acceptors (Lipinski definition) is 5. The molecule has 1 aromatic rings. The third-order valence-corrected chi connectivity index (χ3v) is 4.95. The van der Waals surface area contributed by atoms with E-state index in [9.17, 15) is 14.4 Å². The monoisotopic (exact) mass is 404 g/mol. The van der Waals surface area contributed by atoms with Crippen LogP contribution in [0.15, 0.2) is 30.4 Å². The van der Waals surface area contributed by atoms with E-state index < -0.39 is 11.9 Å². The molecule has 0 saturated carbocycles. The number of carbonyl (C=O) groups is 3. The number of hydrogen-bond donors (Lipinski definition) is 3. The van der Waals surface area contributed by atoms with Crippen LogP contribution in [-0.4, -0.2) is 65.2 Å². The highest BCUT2D eigenvalue weighted by Gasteiger charge is 2.24. The van der Waals surface area contributed by atoms with Crippen molar-refractivity contribution in [1.82, 2.24) is 10.2 Å². The summed E-state index contributed by atoms with van der Waals surface area (Å²) in [6.07, 6.45) is 5.56. The van der Waals surface area contributed by atoms with Crippen LogP contribution in [-0.2, 0) is 16.0 Å². The van der Waals surface area contributed by atoms with Crippen LogP contribution in [0.4, 0.5) is 0 Å². The molecule has 3 N–H and O–H groups in total. The third-order valence-electron chi connectivity index (χ3n) is 4.95. The Labute approximate surface area is 170 Å². The second-order valence-electron chi connectivity index (χ2n) is 6.89. The summed E-state index contributed by atoms with van der Waals surface area (Å²) in [6.45, 7) is 5.84. The molecule has 0 bridgehead atoms. The molecule has 2 aliphatic heterocycles. The van der Waals surface area contributed by atoms with Crippen LogP contribution in [0.3, 0.4) is 0 Å². The molecule has 1 amide bonds. The van der Waals surface area contributed by atoms with Crippen LogP contribution < -0.4 is 10.1 Å². The van der Waals surface area contributed by atoms with Gasteiger partial charge >= 0.3 is 11.9 Å². The van der Waals surface area contributed by atoms with E-state index in [-0.39, 0.29) is 5.91 Å². The Bertz CT molecular complexity index is 746. The van der Waals surface area contributed by atoms with Gasteiger partial charge in [-0.05, 0) is 50.4 Å². The summed E-state index contributed by atoms with van der Waals surface area (Å²) in [5.41, 5.74) is 1.85. The molecule has 29 heavy (non-hydrogen) atoms. The summed E-state index contributed by atoms with van der Waals surface area (Å²) in [6, 6.07) is 6.36. The largest absolute Gasteiger partial charge is 0.492 e. The Morgan fingerprint density at radius 1 is 1.21 bits per heavy atom. The van der Waals surface area contributed by atoms with Gasteiger partial charge in [-0.3, -0.25) is 9.69 Å². The molecule has 0 aliphatic carbocycles. The number of rotatable bonds is 6. The zero-order valence-electron chi connectivity index (χ0n) is 16.6. The molecular formula is C21H28N2O6. The minimum absolute atomic E-state index is 0.00305. The molecule has 2 heterocycles. The lowest BCUT2D eigenvalue weighted by Gasteiger charge is -2.24. The summed E-state index contributed by atoms with van der Waals surface area (Å²) in [5, 5.41) is 18.7. The molecule has 1 unspecified atom stereocenters. The van der Waals surface area contributed by atoms with E-state index in [1.165, 1.54) is 12.8 Å². The predicted octanol–water partition coefficient (Wildman–Crippen LogP) is 1.94. The van der Waals surface area contributed by atoms with E-state index in [1.54, 1.807) is 0 Å². The van der Waals surface area contributed by atoms with Gasteiger partial charge in [-0.1, -0.05) is 19.1 Å². The van der Waals surface area contributed by atoms with Crippen molar-refractivity contribution in [3.63, 3.8) is 0 Å². The summed E-state index contributed by atoms with van der Waals surface area (Å²) in [4.78, 5) is 34.0. The number of amides is 1. The second-order valence-corrected chi connectivity index (χ2v) is 6.89. The average Bonchev–Trinajstić information content (AvgIpc) is 3.18. The minimum atomic E-state index is -1.26. The molecule has 0 aromatic heterocycles. The number of aliphatic carboxylic acids is 2. The van der Waals surface area contributed by atoms with Crippen molar-refractivity contribution < 1.29 is 29.3 Å². The molecular weight excluding hydrogens is 376 g/mol. The van der Waals surface area contributed by atoms with Gasteiger partial charge in [0.2, 0.25) is 0 Å². The number of nitrogens with zero attached hydrogens (tertiary/aromatic N) is 1. The third kappa shape index (κ3) is 6.90. The van der Waals surface area contributed by atoms with E-state index in [1.807, 2.05) is 12.1 Å². The molecule has 8 nitrogen and oxygen atoms in total. The highest BCUT2D eigenvalue weighted by atomic mass is 16.5. The number of ether oxygens (including phenoxy) is 1. The van der Waals surface area contributed by atoms with Crippen LogP contribution >= 0.6 is 0 Å². The van der Waals surface area contributed by atoms with Gasteiger partial charge in [0.05, 0.1) is 12.2 Å². The number of likely N-dealkylation sites (tertiary alicyclic amines) is 1. The first-order valence-corrected chi connectivity index (χ1v) is 9.83. The van der Waals surface area contributed by atoms with Crippen molar-refractivity contribution in [2.75, 3.05) is 26.2 Å². The van der Waals surface area contributed by atoms with Crippen LogP contribution in [0.2, 0.25) is 0 Å². The number of benzene rings is 1. The van der Waals surface area contributed by atoms with Gasteiger partial charge in [0.1, 0.15) is 5.75 Å². The summed E-state index contributed by atoms with van der Waals surface area (Å²) in [7, 11) is 0. The second kappa shape index (κ2) is 11.2. The number of nitrogens with one attached hydrogen (secondary N) is 1. The van der Waals surface area contributed by atoms with Crippen molar-refractivity contribution in [2.24, 2.45) is 0 Å². The lowest BCUT2D eigenvalue weighted by Crippen LogP contribution is -2.40. The van der Waals surface area contributed by atoms with Gasteiger partial charge in [-0.25, -0.2) is 9.59 Å². The van der Waals surface area contributed by atoms with E-state index >= 15 is 0 Å². The van der Waals surface area contributed by atoms with Crippen LogP contribution in [0.5, 0.6) is 5.75 Å². The number of para-hydroxylation sites is 1. The number of likely N-dealkylation sites (N-methyl/N-ethyl adjacent to an activating group) is 1. The molecule has 1 fully saturated rings. The van der Waals surface area contributed by atoms with Crippen LogP contribution in [0.25, 0.3) is 0 Å². The quantitative estimate of drug-likeness (QED) is 0.621. The number of carboxylic acids is 2. The molecule has 3 rings (SSSR count). The SMILES string of the molecule is CCN1CCCC1CNC(=O)c1cccc2c1OCCC2.O=C(O)/C=C/C(=O)O. The summed E-state index contributed by atoms with van der Waals surface area (Å²) in [5.74, 6) is -1.73. The van der Waals surface area contributed by atoms with Crippen molar-refractivity contribution in [2.45, 2.75) is 38.6 Å². The average molecular weight is 404 g/mol.